The lowest BCUT2D eigenvalue weighted by atomic mass is 10.6. The fraction of sp³-hybridized carbons (Fsp3) is 0.667. The first-order valence-electron chi connectivity index (χ1n) is 3.63. The SMILES string of the molecule is COP(=S)(OC)SCN1CC=CS1. The molecule has 76 valence electrons. The molecule has 0 N–H and O–H groups in total. The van der Waals surface area contributed by atoms with Crippen LogP contribution in [0.3, 0.4) is 0 Å². The first kappa shape index (κ1) is 12.0. The number of nitrogens with zero attached hydrogens (tertiary/aromatic N) is 1. The Kier molecular flexibility index (Phi) is 5.33. The Bertz CT molecular complexity index is 220. The van der Waals surface area contributed by atoms with Gasteiger partial charge in [-0.2, -0.15) is 0 Å². The van der Waals surface area contributed by atoms with Crippen molar-refractivity contribution in [3.63, 3.8) is 0 Å². The van der Waals surface area contributed by atoms with Crippen LogP contribution in [0.4, 0.5) is 0 Å². The lowest BCUT2D eigenvalue weighted by Gasteiger charge is -2.19. The van der Waals surface area contributed by atoms with Gasteiger partial charge in [-0.3, -0.25) is 0 Å². The monoisotopic (exact) mass is 257 g/mol. The highest BCUT2D eigenvalue weighted by atomic mass is 32.9. The van der Waals surface area contributed by atoms with Gasteiger partial charge in [0.1, 0.15) is 0 Å². The molecule has 3 nitrogen and oxygen atoms in total. The van der Waals surface area contributed by atoms with Crippen molar-refractivity contribution in [1.82, 2.24) is 4.31 Å². The van der Waals surface area contributed by atoms with E-state index >= 15 is 0 Å². The van der Waals surface area contributed by atoms with Gasteiger partial charge in [0, 0.05) is 20.8 Å². The molecule has 7 heteroatoms. The van der Waals surface area contributed by atoms with Crippen LogP contribution in [0.25, 0.3) is 0 Å². The lowest BCUT2D eigenvalue weighted by Crippen LogP contribution is -2.10. The molecular weight excluding hydrogens is 245 g/mol. The molecule has 13 heavy (non-hydrogen) atoms. The van der Waals surface area contributed by atoms with Gasteiger partial charge in [-0.25, -0.2) is 4.31 Å². The standard InChI is InChI=1S/C6H12NO2PS3/c1-8-10(11,9-2)13-6-7-4-3-5-12-7/h3,5H,4,6H2,1-2H3. The highest BCUT2D eigenvalue weighted by molar-refractivity contribution is 8.67. The Morgan fingerprint density at radius 1 is 1.62 bits per heavy atom. The topological polar surface area (TPSA) is 21.7 Å². The third kappa shape index (κ3) is 3.91. The van der Waals surface area contributed by atoms with Crippen LogP contribution in [-0.2, 0) is 20.9 Å². The summed E-state index contributed by atoms with van der Waals surface area (Å²) < 4.78 is 12.5. The fourth-order valence-corrected chi connectivity index (χ4v) is 4.52. The largest absolute Gasteiger partial charge is 0.325 e. The Morgan fingerprint density at radius 2 is 2.31 bits per heavy atom. The van der Waals surface area contributed by atoms with Crippen molar-refractivity contribution in [2.24, 2.45) is 0 Å². The highest BCUT2D eigenvalue weighted by Gasteiger charge is 2.18. The summed E-state index contributed by atoms with van der Waals surface area (Å²) in [6.45, 7) is 0.973. The minimum atomic E-state index is -2.07. The van der Waals surface area contributed by atoms with Gasteiger partial charge in [-0.1, -0.05) is 17.5 Å². The molecule has 0 aromatic carbocycles. The zero-order valence-electron chi connectivity index (χ0n) is 7.50. The average molecular weight is 257 g/mol. The van der Waals surface area contributed by atoms with Crippen LogP contribution in [0.15, 0.2) is 11.5 Å². The van der Waals surface area contributed by atoms with E-state index in [4.69, 9.17) is 20.9 Å². The second-order valence-corrected chi connectivity index (χ2v) is 9.70. The van der Waals surface area contributed by atoms with Crippen LogP contribution in [-0.4, -0.2) is 30.9 Å². The molecule has 0 saturated heterocycles. The minimum Gasteiger partial charge on any atom is -0.325 e. The van der Waals surface area contributed by atoms with Gasteiger partial charge >= 0.3 is 0 Å². The molecule has 0 fully saturated rings. The zero-order chi connectivity index (χ0) is 9.73. The third-order valence-electron chi connectivity index (χ3n) is 1.42. The number of hydrogen-bond donors (Lipinski definition) is 0. The van der Waals surface area contributed by atoms with E-state index in [9.17, 15) is 0 Å². The maximum absolute atomic E-state index is 5.21. The Labute approximate surface area is 92.3 Å². The van der Waals surface area contributed by atoms with E-state index in [-0.39, 0.29) is 0 Å². The van der Waals surface area contributed by atoms with Crippen LogP contribution in [0.2, 0.25) is 0 Å². The van der Waals surface area contributed by atoms with Crippen molar-refractivity contribution in [3.8, 4) is 0 Å². The quantitative estimate of drug-likeness (QED) is 0.554. The molecular formula is C6H12NO2PS3. The van der Waals surface area contributed by atoms with E-state index in [2.05, 4.69) is 15.8 Å². The van der Waals surface area contributed by atoms with Gasteiger partial charge < -0.3 is 9.05 Å². The Morgan fingerprint density at radius 3 is 2.77 bits per heavy atom. The molecule has 0 amide bonds. The molecule has 0 spiro atoms. The summed E-state index contributed by atoms with van der Waals surface area (Å²) in [6.07, 6.45) is 2.12. The molecule has 0 radical (unpaired) electrons. The average Bonchev–Trinajstić information content (AvgIpc) is 2.67. The predicted molar refractivity (Wildman–Crippen MR) is 64.2 cm³/mol. The summed E-state index contributed by atoms with van der Waals surface area (Å²) in [6, 6.07) is 0. The van der Waals surface area contributed by atoms with Crippen LogP contribution in [0.1, 0.15) is 0 Å². The normalized spacial score (nSPS) is 18.3. The molecule has 1 aliphatic rings. The predicted octanol–water partition coefficient (Wildman–Crippen LogP) is 2.67. The van der Waals surface area contributed by atoms with Crippen molar-refractivity contribution >= 4 is 40.8 Å². The molecule has 0 atom stereocenters. The van der Waals surface area contributed by atoms with Crippen LogP contribution in [0, 0.1) is 0 Å². The molecule has 0 aromatic heterocycles. The molecule has 1 heterocycles. The first-order valence-corrected chi connectivity index (χ1v) is 8.69. The van der Waals surface area contributed by atoms with E-state index < -0.39 is 5.69 Å². The summed E-state index contributed by atoms with van der Waals surface area (Å²) in [5, 5.41) is 2.07. The third-order valence-corrected chi connectivity index (χ3v) is 8.15. The minimum absolute atomic E-state index is 0.844. The lowest BCUT2D eigenvalue weighted by molar-refractivity contribution is 0.353. The van der Waals surface area contributed by atoms with E-state index in [1.54, 1.807) is 37.5 Å². The van der Waals surface area contributed by atoms with E-state index in [0.717, 1.165) is 12.4 Å². The summed E-state index contributed by atoms with van der Waals surface area (Å²) in [5.41, 5.74) is -2.07. The van der Waals surface area contributed by atoms with Crippen molar-refractivity contribution in [2.45, 2.75) is 0 Å². The summed E-state index contributed by atoms with van der Waals surface area (Å²) in [7, 11) is 3.21. The summed E-state index contributed by atoms with van der Waals surface area (Å²) in [4.78, 5) is 0. The van der Waals surface area contributed by atoms with Crippen LogP contribution >= 0.6 is 29.0 Å². The van der Waals surface area contributed by atoms with Crippen molar-refractivity contribution in [3.05, 3.63) is 11.5 Å². The smallest absolute Gasteiger partial charge is 0.248 e. The van der Waals surface area contributed by atoms with Crippen molar-refractivity contribution in [1.29, 1.82) is 0 Å². The molecule has 0 aromatic rings. The van der Waals surface area contributed by atoms with Crippen LogP contribution in [0.5, 0.6) is 0 Å². The fourth-order valence-electron chi connectivity index (χ4n) is 0.731. The van der Waals surface area contributed by atoms with Gasteiger partial charge in [-0.15, -0.1) is 0 Å². The van der Waals surface area contributed by atoms with Gasteiger partial charge in [0.25, 0.3) is 0 Å². The summed E-state index contributed by atoms with van der Waals surface area (Å²) >= 11 is 8.48. The van der Waals surface area contributed by atoms with Gasteiger partial charge in [0.2, 0.25) is 5.69 Å². The molecule has 0 saturated carbocycles. The molecule has 0 bridgehead atoms. The van der Waals surface area contributed by atoms with Gasteiger partial charge in [0.15, 0.2) is 0 Å². The van der Waals surface area contributed by atoms with Crippen molar-refractivity contribution < 1.29 is 9.05 Å². The van der Waals surface area contributed by atoms with Crippen LogP contribution < -0.4 is 0 Å². The van der Waals surface area contributed by atoms with E-state index in [1.807, 2.05) is 0 Å². The molecule has 1 rings (SSSR count). The number of hydrogen-bond acceptors (Lipinski definition) is 6. The number of rotatable bonds is 5. The first-order chi connectivity index (χ1) is 6.20. The van der Waals surface area contributed by atoms with Crippen molar-refractivity contribution in [2.75, 3.05) is 26.6 Å². The van der Waals surface area contributed by atoms with E-state index in [0.29, 0.717) is 0 Å². The molecule has 0 aliphatic carbocycles. The molecule has 0 unspecified atom stereocenters. The second kappa shape index (κ2) is 5.75. The summed E-state index contributed by atoms with van der Waals surface area (Å²) in [5.74, 6) is 0.844. The van der Waals surface area contributed by atoms with E-state index in [1.165, 1.54) is 0 Å². The highest BCUT2D eigenvalue weighted by Crippen LogP contribution is 2.60. The Balaban J connectivity index is 2.27. The second-order valence-electron chi connectivity index (χ2n) is 2.21. The Hall–Kier alpha value is 0.970. The maximum Gasteiger partial charge on any atom is 0.248 e. The van der Waals surface area contributed by atoms with Gasteiger partial charge in [-0.05, 0) is 29.2 Å². The maximum atomic E-state index is 5.21. The molecule has 1 aliphatic heterocycles. The van der Waals surface area contributed by atoms with Gasteiger partial charge in [0.05, 0.1) is 5.88 Å². The zero-order valence-corrected chi connectivity index (χ0v) is 10.8.